The molecule has 9 nitrogen and oxygen atoms in total. The molecular formula is C19H22ClN5O4. The first kappa shape index (κ1) is 22.1. The number of hydrogen-bond donors (Lipinski definition) is 5. The first-order valence-electron chi connectivity index (χ1n) is 8.77. The van der Waals surface area contributed by atoms with E-state index in [0.29, 0.717) is 17.7 Å². The molecule has 0 spiro atoms. The second-order valence-electron chi connectivity index (χ2n) is 6.32. The number of nitrogens with one attached hydrogen (secondary N) is 3. The van der Waals surface area contributed by atoms with E-state index in [1.54, 1.807) is 42.5 Å². The van der Waals surface area contributed by atoms with Gasteiger partial charge in [0.05, 0.1) is 12.2 Å². The Labute approximate surface area is 172 Å². The lowest BCUT2D eigenvalue weighted by atomic mass is 9.96. The number of halogens is 1. The van der Waals surface area contributed by atoms with Gasteiger partial charge in [-0.05, 0) is 30.7 Å². The van der Waals surface area contributed by atoms with Gasteiger partial charge in [-0.3, -0.25) is 14.4 Å². The zero-order chi connectivity index (χ0) is 21.3. The Morgan fingerprint density at radius 2 is 2.14 bits per heavy atom. The monoisotopic (exact) mass is 419 g/mol. The quantitative estimate of drug-likeness (QED) is 0.102. The Balaban J connectivity index is 1.87. The van der Waals surface area contributed by atoms with Crippen LogP contribution in [-0.4, -0.2) is 40.8 Å². The van der Waals surface area contributed by atoms with Gasteiger partial charge in [0, 0.05) is 18.4 Å². The zero-order valence-electron chi connectivity index (χ0n) is 15.5. The number of amides is 2. The van der Waals surface area contributed by atoms with Crippen LogP contribution >= 0.6 is 11.6 Å². The molecule has 2 amide bonds. The van der Waals surface area contributed by atoms with Gasteiger partial charge in [-0.2, -0.15) is 0 Å². The molecule has 0 saturated heterocycles. The van der Waals surface area contributed by atoms with Crippen LogP contribution in [0, 0.1) is 0 Å². The van der Waals surface area contributed by atoms with Gasteiger partial charge in [0.2, 0.25) is 5.91 Å². The van der Waals surface area contributed by atoms with Crippen LogP contribution in [0.15, 0.2) is 53.1 Å². The van der Waals surface area contributed by atoms with Crippen molar-refractivity contribution >= 4 is 41.4 Å². The average Bonchev–Trinajstić information content (AvgIpc) is 2.69. The van der Waals surface area contributed by atoms with E-state index in [-0.39, 0.29) is 19.4 Å². The summed E-state index contributed by atoms with van der Waals surface area (Å²) in [6.45, 7) is -0.271. The zero-order valence-corrected chi connectivity index (χ0v) is 16.3. The molecule has 1 unspecified atom stereocenters. The molecule has 0 aliphatic heterocycles. The summed E-state index contributed by atoms with van der Waals surface area (Å²) in [5.41, 5.74) is 3.94. The molecule has 154 valence electrons. The maximum atomic E-state index is 12.3. The van der Waals surface area contributed by atoms with Crippen LogP contribution in [0.4, 0.5) is 5.69 Å². The van der Waals surface area contributed by atoms with Gasteiger partial charge < -0.3 is 21.2 Å². The SMILES string of the molecule is NNC=Nc1cccc(C(=O)NCC(=O)NC2(Cl)C=CC=C(CCC(=O)O)C2)c1. The number of hydrogen-bond acceptors (Lipinski definition) is 5. The minimum Gasteiger partial charge on any atom is -0.481 e. The number of benzene rings is 1. The third-order valence-electron chi connectivity index (χ3n) is 3.99. The van der Waals surface area contributed by atoms with Crippen LogP contribution in [-0.2, 0) is 9.59 Å². The smallest absolute Gasteiger partial charge is 0.303 e. The lowest BCUT2D eigenvalue weighted by Gasteiger charge is -2.28. The van der Waals surface area contributed by atoms with E-state index in [2.05, 4.69) is 21.1 Å². The van der Waals surface area contributed by atoms with E-state index < -0.39 is 22.8 Å². The van der Waals surface area contributed by atoms with Crippen molar-refractivity contribution in [3.05, 3.63) is 53.6 Å². The average molecular weight is 420 g/mol. The summed E-state index contributed by atoms with van der Waals surface area (Å²) in [6, 6.07) is 6.49. The number of rotatable bonds is 9. The Hall–Kier alpha value is -3.17. The number of aliphatic carboxylic acids is 1. The van der Waals surface area contributed by atoms with Crippen LogP contribution < -0.4 is 21.9 Å². The minimum absolute atomic E-state index is 0.0128. The van der Waals surface area contributed by atoms with Crippen molar-refractivity contribution in [1.82, 2.24) is 16.1 Å². The number of carboxylic acids is 1. The van der Waals surface area contributed by atoms with Gasteiger partial charge >= 0.3 is 5.97 Å². The largest absolute Gasteiger partial charge is 0.481 e. The predicted octanol–water partition coefficient (Wildman–Crippen LogP) is 1.34. The second-order valence-corrected chi connectivity index (χ2v) is 7.00. The number of aliphatic imine (C=N–C) groups is 1. The molecule has 0 fully saturated rings. The normalized spacial score (nSPS) is 18.2. The van der Waals surface area contributed by atoms with Gasteiger partial charge in [0.15, 0.2) is 0 Å². The van der Waals surface area contributed by atoms with Crippen molar-refractivity contribution in [2.45, 2.75) is 24.3 Å². The summed E-state index contributed by atoms with van der Waals surface area (Å²) in [7, 11) is 0. The Bertz CT molecular complexity index is 868. The van der Waals surface area contributed by atoms with Crippen molar-refractivity contribution in [2.75, 3.05) is 6.54 Å². The fourth-order valence-electron chi connectivity index (χ4n) is 2.69. The molecule has 1 aromatic carbocycles. The fourth-order valence-corrected chi connectivity index (χ4v) is 3.04. The second kappa shape index (κ2) is 10.4. The summed E-state index contributed by atoms with van der Waals surface area (Å²) < 4.78 is 0. The van der Waals surface area contributed by atoms with E-state index in [0.717, 1.165) is 5.57 Å². The topological polar surface area (TPSA) is 146 Å². The van der Waals surface area contributed by atoms with Crippen molar-refractivity contribution in [2.24, 2.45) is 10.8 Å². The maximum absolute atomic E-state index is 12.3. The molecular weight excluding hydrogens is 398 g/mol. The standard InChI is InChI=1S/C19H22ClN5O4/c20-19(8-2-3-13(10-19)6-7-17(27)28)25-16(26)11-22-18(29)14-4-1-5-15(9-14)23-12-24-21/h1-5,8-9,12H,6-7,10-11,21H2,(H,22,29)(H,23,24)(H,25,26)(H,27,28). The predicted molar refractivity (Wildman–Crippen MR) is 110 cm³/mol. The van der Waals surface area contributed by atoms with E-state index in [1.807, 2.05) is 0 Å². The van der Waals surface area contributed by atoms with Crippen LogP contribution in [0.3, 0.4) is 0 Å². The third-order valence-corrected chi connectivity index (χ3v) is 4.34. The molecule has 0 saturated carbocycles. The van der Waals surface area contributed by atoms with E-state index in [1.165, 1.54) is 6.34 Å². The summed E-state index contributed by atoms with van der Waals surface area (Å²) in [5.74, 6) is 3.30. The third kappa shape index (κ3) is 7.40. The molecule has 1 aromatic rings. The highest BCUT2D eigenvalue weighted by molar-refractivity contribution is 6.26. The number of allylic oxidation sites excluding steroid dienone is 2. The van der Waals surface area contributed by atoms with E-state index in [4.69, 9.17) is 22.6 Å². The lowest BCUT2D eigenvalue weighted by molar-refractivity contribution is -0.137. The fraction of sp³-hybridized carbons (Fsp3) is 0.263. The van der Waals surface area contributed by atoms with Gasteiger partial charge in [-0.1, -0.05) is 35.4 Å². The molecule has 1 aliphatic carbocycles. The number of hydrazine groups is 1. The molecule has 10 heteroatoms. The number of carbonyl (C=O) groups is 3. The van der Waals surface area contributed by atoms with Crippen molar-refractivity contribution in [1.29, 1.82) is 0 Å². The molecule has 1 aliphatic rings. The molecule has 0 aromatic heterocycles. The number of nitrogens with two attached hydrogens (primary N) is 1. The highest BCUT2D eigenvalue weighted by atomic mass is 35.5. The summed E-state index contributed by atoms with van der Waals surface area (Å²) in [4.78, 5) is 38.0. The van der Waals surface area contributed by atoms with Gasteiger partial charge in [-0.15, -0.1) is 0 Å². The van der Waals surface area contributed by atoms with Crippen LogP contribution in [0.25, 0.3) is 0 Å². The number of carboxylic acid groups (broad SMARTS) is 1. The Morgan fingerprint density at radius 3 is 2.86 bits per heavy atom. The number of carbonyl (C=O) groups excluding carboxylic acids is 2. The van der Waals surface area contributed by atoms with Crippen molar-refractivity contribution < 1.29 is 19.5 Å². The summed E-state index contributed by atoms with van der Waals surface area (Å²) >= 11 is 6.43. The minimum atomic E-state index is -1.16. The van der Waals surface area contributed by atoms with Gasteiger partial charge in [0.1, 0.15) is 11.3 Å². The van der Waals surface area contributed by atoms with E-state index in [9.17, 15) is 14.4 Å². The Morgan fingerprint density at radius 1 is 1.34 bits per heavy atom. The highest BCUT2D eigenvalue weighted by Gasteiger charge is 2.29. The lowest BCUT2D eigenvalue weighted by Crippen LogP contribution is -2.47. The van der Waals surface area contributed by atoms with Crippen LogP contribution in [0.1, 0.15) is 29.6 Å². The highest BCUT2D eigenvalue weighted by Crippen LogP contribution is 2.29. The summed E-state index contributed by atoms with van der Waals surface area (Å²) in [6.07, 6.45) is 6.97. The van der Waals surface area contributed by atoms with Crippen LogP contribution in [0.2, 0.25) is 0 Å². The first-order valence-corrected chi connectivity index (χ1v) is 9.15. The Kier molecular flexibility index (Phi) is 7.93. The molecule has 0 radical (unpaired) electrons. The van der Waals surface area contributed by atoms with Gasteiger partial charge in [0.25, 0.3) is 5.91 Å². The van der Waals surface area contributed by atoms with Crippen LogP contribution in [0.5, 0.6) is 0 Å². The van der Waals surface area contributed by atoms with Crippen molar-refractivity contribution in [3.63, 3.8) is 0 Å². The van der Waals surface area contributed by atoms with Gasteiger partial charge in [-0.25, -0.2) is 10.8 Å². The summed E-state index contributed by atoms with van der Waals surface area (Å²) in [5, 5.41) is 14.0. The molecule has 1 atom stereocenters. The first-order chi connectivity index (χ1) is 13.8. The van der Waals surface area contributed by atoms with E-state index >= 15 is 0 Å². The molecule has 2 rings (SSSR count). The number of alkyl halides is 1. The molecule has 29 heavy (non-hydrogen) atoms. The maximum Gasteiger partial charge on any atom is 0.303 e. The molecule has 0 heterocycles. The molecule has 6 N–H and O–H groups in total. The number of nitrogens with zero attached hydrogens (tertiary/aromatic N) is 1. The van der Waals surface area contributed by atoms with Crippen molar-refractivity contribution in [3.8, 4) is 0 Å². The molecule has 0 bridgehead atoms.